The van der Waals surface area contributed by atoms with Gasteiger partial charge in [0.2, 0.25) is 0 Å². The number of hydrogen-bond acceptors (Lipinski definition) is 4. The van der Waals surface area contributed by atoms with Gasteiger partial charge in [0, 0.05) is 0 Å². The first-order chi connectivity index (χ1) is 12.4. The van der Waals surface area contributed by atoms with E-state index in [4.69, 9.17) is 9.47 Å². The van der Waals surface area contributed by atoms with Crippen LogP contribution in [-0.2, 0) is 25.5 Å². The highest BCUT2D eigenvalue weighted by Gasteiger charge is 2.52. The lowest BCUT2D eigenvalue weighted by Crippen LogP contribution is -2.48. The first kappa shape index (κ1) is 21.2. The molecule has 0 fully saturated rings. The summed E-state index contributed by atoms with van der Waals surface area (Å²) >= 11 is 0. The van der Waals surface area contributed by atoms with Gasteiger partial charge in [-0.3, -0.25) is 9.59 Å². The number of ether oxygens (including phenoxy) is 2. The molecule has 0 bridgehead atoms. The van der Waals surface area contributed by atoms with Gasteiger partial charge in [0.1, 0.15) is 11.2 Å². The maximum atomic E-state index is 13.1. The predicted octanol–water partition coefficient (Wildman–Crippen LogP) is 4.87. The van der Waals surface area contributed by atoms with E-state index in [9.17, 15) is 9.59 Å². The van der Waals surface area contributed by atoms with Gasteiger partial charge in [0.25, 0.3) is 0 Å². The van der Waals surface area contributed by atoms with E-state index in [0.717, 1.165) is 6.42 Å². The Kier molecular flexibility index (Phi) is 6.18. The molecule has 0 saturated heterocycles. The molecular weight excluding hydrogens is 340 g/mol. The van der Waals surface area contributed by atoms with Crippen molar-refractivity contribution in [2.75, 3.05) is 0 Å². The Balaban J connectivity index is 2.30. The molecule has 2 rings (SSSR count). The summed E-state index contributed by atoms with van der Waals surface area (Å²) < 4.78 is 11.3. The second-order valence-electron chi connectivity index (χ2n) is 9.37. The van der Waals surface area contributed by atoms with Crippen molar-refractivity contribution in [3.05, 3.63) is 48.0 Å². The molecule has 27 heavy (non-hydrogen) atoms. The molecule has 0 aliphatic heterocycles. The van der Waals surface area contributed by atoms with Gasteiger partial charge in [0.15, 0.2) is 5.41 Å². The minimum Gasteiger partial charge on any atom is -0.459 e. The second kappa shape index (κ2) is 7.87. The number of allylic oxidation sites excluding steroid dienone is 2. The normalized spacial score (nSPS) is 19.4. The van der Waals surface area contributed by atoms with E-state index in [1.165, 1.54) is 5.56 Å². The Labute approximate surface area is 162 Å². The SMILES string of the molecule is CC(C)(C)OC(=O)C1(C(=O)OC(C)(C)C)CC=C[C@@H](Cc2ccccc2)C1. The van der Waals surface area contributed by atoms with Crippen LogP contribution in [0.15, 0.2) is 42.5 Å². The van der Waals surface area contributed by atoms with Crippen molar-refractivity contribution >= 4 is 11.9 Å². The van der Waals surface area contributed by atoms with Crippen LogP contribution >= 0.6 is 0 Å². The zero-order valence-corrected chi connectivity index (χ0v) is 17.4. The van der Waals surface area contributed by atoms with Crippen LogP contribution in [0.1, 0.15) is 59.9 Å². The third-order valence-electron chi connectivity index (χ3n) is 4.41. The Hall–Kier alpha value is -2.10. The van der Waals surface area contributed by atoms with E-state index in [1.54, 1.807) is 0 Å². The molecule has 1 aliphatic carbocycles. The van der Waals surface area contributed by atoms with Crippen molar-refractivity contribution in [2.45, 2.75) is 72.0 Å². The van der Waals surface area contributed by atoms with Crippen LogP contribution in [0.5, 0.6) is 0 Å². The predicted molar refractivity (Wildman–Crippen MR) is 106 cm³/mol. The fraction of sp³-hybridized carbons (Fsp3) is 0.565. The molecule has 1 aliphatic rings. The van der Waals surface area contributed by atoms with Crippen LogP contribution in [0.25, 0.3) is 0 Å². The number of rotatable bonds is 4. The van der Waals surface area contributed by atoms with Crippen LogP contribution in [0.3, 0.4) is 0 Å². The molecule has 0 saturated carbocycles. The molecule has 0 N–H and O–H groups in total. The van der Waals surface area contributed by atoms with Gasteiger partial charge in [-0.1, -0.05) is 42.5 Å². The van der Waals surface area contributed by atoms with Gasteiger partial charge in [-0.05, 0) is 72.3 Å². The molecule has 0 heterocycles. The van der Waals surface area contributed by atoms with Crippen LogP contribution < -0.4 is 0 Å². The van der Waals surface area contributed by atoms with Crippen LogP contribution in [-0.4, -0.2) is 23.1 Å². The van der Waals surface area contributed by atoms with Gasteiger partial charge in [-0.2, -0.15) is 0 Å². The maximum absolute atomic E-state index is 13.1. The summed E-state index contributed by atoms with van der Waals surface area (Å²) in [6, 6.07) is 10.1. The summed E-state index contributed by atoms with van der Waals surface area (Å²) in [6.45, 7) is 10.9. The first-order valence-corrected chi connectivity index (χ1v) is 9.59. The summed E-state index contributed by atoms with van der Waals surface area (Å²) in [6.07, 6.45) is 5.49. The van der Waals surface area contributed by atoms with Gasteiger partial charge in [-0.25, -0.2) is 0 Å². The van der Waals surface area contributed by atoms with Crippen LogP contribution in [0, 0.1) is 11.3 Å². The molecule has 4 heteroatoms. The average Bonchev–Trinajstić information content (AvgIpc) is 2.52. The molecule has 0 amide bonds. The highest BCUT2D eigenvalue weighted by Crippen LogP contribution is 2.41. The fourth-order valence-electron chi connectivity index (χ4n) is 3.29. The summed E-state index contributed by atoms with van der Waals surface area (Å²) in [5, 5.41) is 0. The number of carbonyl (C=O) groups excluding carboxylic acids is 2. The van der Waals surface area contributed by atoms with Crippen molar-refractivity contribution in [1.29, 1.82) is 0 Å². The third kappa shape index (κ3) is 5.95. The second-order valence-corrected chi connectivity index (χ2v) is 9.37. The molecule has 1 atom stereocenters. The van der Waals surface area contributed by atoms with Gasteiger partial charge >= 0.3 is 11.9 Å². The van der Waals surface area contributed by atoms with Gasteiger partial charge in [0.05, 0.1) is 0 Å². The van der Waals surface area contributed by atoms with Gasteiger partial charge < -0.3 is 9.47 Å². The van der Waals surface area contributed by atoms with Crippen molar-refractivity contribution < 1.29 is 19.1 Å². The molecule has 1 aromatic carbocycles. The highest BCUT2D eigenvalue weighted by atomic mass is 16.6. The fourth-order valence-corrected chi connectivity index (χ4v) is 3.29. The summed E-state index contributed by atoms with van der Waals surface area (Å²) in [7, 11) is 0. The molecule has 0 radical (unpaired) electrons. The van der Waals surface area contributed by atoms with E-state index in [1.807, 2.05) is 65.8 Å². The third-order valence-corrected chi connectivity index (χ3v) is 4.41. The number of benzene rings is 1. The maximum Gasteiger partial charge on any atom is 0.324 e. The number of carbonyl (C=O) groups is 2. The largest absolute Gasteiger partial charge is 0.459 e. The molecule has 4 nitrogen and oxygen atoms in total. The van der Waals surface area contributed by atoms with Crippen molar-refractivity contribution in [1.82, 2.24) is 0 Å². The summed E-state index contributed by atoms with van der Waals surface area (Å²) in [4.78, 5) is 26.2. The zero-order chi connectivity index (χ0) is 20.3. The molecule has 0 aromatic heterocycles. The lowest BCUT2D eigenvalue weighted by Gasteiger charge is -2.37. The Morgan fingerprint density at radius 1 is 0.963 bits per heavy atom. The number of hydrogen-bond donors (Lipinski definition) is 0. The summed E-state index contributed by atoms with van der Waals surface area (Å²) in [5.74, 6) is -0.917. The first-order valence-electron chi connectivity index (χ1n) is 9.59. The van der Waals surface area contributed by atoms with Crippen molar-refractivity contribution in [3.63, 3.8) is 0 Å². The Morgan fingerprint density at radius 2 is 1.48 bits per heavy atom. The van der Waals surface area contributed by atoms with Crippen molar-refractivity contribution in [2.24, 2.45) is 11.3 Å². The minimum atomic E-state index is -1.30. The van der Waals surface area contributed by atoms with E-state index >= 15 is 0 Å². The van der Waals surface area contributed by atoms with E-state index < -0.39 is 28.6 Å². The monoisotopic (exact) mass is 372 g/mol. The van der Waals surface area contributed by atoms with E-state index in [-0.39, 0.29) is 5.92 Å². The van der Waals surface area contributed by atoms with Crippen LogP contribution in [0.4, 0.5) is 0 Å². The van der Waals surface area contributed by atoms with Crippen molar-refractivity contribution in [3.8, 4) is 0 Å². The molecular formula is C23H32O4. The molecule has 0 spiro atoms. The highest BCUT2D eigenvalue weighted by molar-refractivity contribution is 6.00. The smallest absolute Gasteiger partial charge is 0.324 e. The lowest BCUT2D eigenvalue weighted by molar-refractivity contribution is -0.186. The van der Waals surface area contributed by atoms with E-state index in [0.29, 0.717) is 12.8 Å². The lowest BCUT2D eigenvalue weighted by atomic mass is 9.71. The Morgan fingerprint density at radius 3 is 1.96 bits per heavy atom. The minimum absolute atomic E-state index is 0.0705. The molecule has 148 valence electrons. The standard InChI is InChI=1S/C23H32O4/c1-21(2,3)26-19(24)23(20(25)27-22(4,5)6)14-10-13-18(16-23)15-17-11-8-7-9-12-17/h7-13,18H,14-16H2,1-6H3/t18-/m0/s1. The Bertz CT molecular complexity index is 661. The summed E-state index contributed by atoms with van der Waals surface area (Å²) in [5.41, 5.74) is -1.45. The van der Waals surface area contributed by atoms with Crippen LogP contribution in [0.2, 0.25) is 0 Å². The quantitative estimate of drug-likeness (QED) is 0.430. The van der Waals surface area contributed by atoms with Gasteiger partial charge in [-0.15, -0.1) is 0 Å². The molecule has 0 unspecified atom stereocenters. The number of esters is 2. The topological polar surface area (TPSA) is 52.6 Å². The zero-order valence-electron chi connectivity index (χ0n) is 17.4. The molecule has 1 aromatic rings. The average molecular weight is 373 g/mol. The van der Waals surface area contributed by atoms with E-state index in [2.05, 4.69) is 18.2 Å².